The molecule has 0 radical (unpaired) electrons. The quantitative estimate of drug-likeness (QED) is 0.377. The molecule has 0 saturated heterocycles. The molecule has 2 aromatic rings. The van der Waals surface area contributed by atoms with Crippen LogP contribution in [0.2, 0.25) is 0 Å². The van der Waals surface area contributed by atoms with Crippen molar-refractivity contribution < 1.29 is 13.9 Å². The normalized spacial score (nSPS) is 12.2. The molecule has 0 fully saturated rings. The number of rotatable bonds is 7. The summed E-state index contributed by atoms with van der Waals surface area (Å²) in [5, 5.41) is 2.99. The summed E-state index contributed by atoms with van der Waals surface area (Å²) in [6, 6.07) is 8.15. The fourth-order valence-corrected chi connectivity index (χ4v) is 2.03. The number of hydrogen-bond acceptors (Lipinski definition) is 4. The van der Waals surface area contributed by atoms with Crippen molar-refractivity contribution in [3.8, 4) is 11.5 Å². The van der Waals surface area contributed by atoms with Crippen LogP contribution in [0.3, 0.4) is 0 Å². The third-order valence-corrected chi connectivity index (χ3v) is 3.10. The largest absolute Gasteiger partial charge is 0.453 e. The molecule has 1 heterocycles. The van der Waals surface area contributed by atoms with Crippen LogP contribution in [-0.2, 0) is 11.3 Å². The van der Waals surface area contributed by atoms with Crippen molar-refractivity contribution in [1.29, 1.82) is 0 Å². The minimum Gasteiger partial charge on any atom is -0.453 e. The van der Waals surface area contributed by atoms with Crippen LogP contribution in [-0.4, -0.2) is 30.7 Å². The van der Waals surface area contributed by atoms with Gasteiger partial charge in [-0.15, -0.1) is 24.0 Å². The average Bonchev–Trinajstić information content (AvgIpc) is 2.56. The molecule has 0 aliphatic rings. The molecule has 2 rings (SSSR count). The van der Waals surface area contributed by atoms with Crippen molar-refractivity contribution in [2.75, 3.05) is 13.7 Å². The highest BCUT2D eigenvalue weighted by Crippen LogP contribution is 2.24. The van der Waals surface area contributed by atoms with Gasteiger partial charge in [-0.1, -0.05) is 6.07 Å². The van der Waals surface area contributed by atoms with Gasteiger partial charge in [0.05, 0.1) is 19.3 Å². The molecule has 1 aromatic carbocycles. The molecule has 3 N–H and O–H groups in total. The number of benzene rings is 1. The van der Waals surface area contributed by atoms with E-state index in [0.29, 0.717) is 17.9 Å². The van der Waals surface area contributed by atoms with Gasteiger partial charge < -0.3 is 20.5 Å². The van der Waals surface area contributed by atoms with Crippen molar-refractivity contribution >= 4 is 29.9 Å². The van der Waals surface area contributed by atoms with E-state index < -0.39 is 5.82 Å². The molecule has 0 aliphatic heterocycles. The first-order valence-corrected chi connectivity index (χ1v) is 7.50. The van der Waals surface area contributed by atoms with Crippen LogP contribution in [0.4, 0.5) is 4.39 Å². The lowest BCUT2D eigenvalue weighted by Gasteiger charge is -2.13. The second kappa shape index (κ2) is 10.8. The zero-order valence-corrected chi connectivity index (χ0v) is 16.4. The van der Waals surface area contributed by atoms with Crippen LogP contribution in [0.25, 0.3) is 0 Å². The van der Waals surface area contributed by atoms with Gasteiger partial charge >= 0.3 is 0 Å². The van der Waals surface area contributed by atoms with Gasteiger partial charge in [0.15, 0.2) is 17.5 Å². The van der Waals surface area contributed by atoms with Crippen molar-refractivity contribution in [3.63, 3.8) is 0 Å². The number of nitrogens with one attached hydrogen (secondary N) is 1. The fourth-order valence-electron chi connectivity index (χ4n) is 2.03. The number of aliphatic imine (C=N–C) groups is 1. The summed E-state index contributed by atoms with van der Waals surface area (Å²) >= 11 is 0. The predicted molar refractivity (Wildman–Crippen MR) is 106 cm³/mol. The molecule has 1 aromatic heterocycles. The second-order valence-corrected chi connectivity index (χ2v) is 5.26. The van der Waals surface area contributed by atoms with Crippen LogP contribution in [0, 0.1) is 5.82 Å². The minimum absolute atomic E-state index is 0. The Morgan fingerprint density at radius 3 is 2.84 bits per heavy atom. The number of ether oxygens (including phenoxy) is 2. The van der Waals surface area contributed by atoms with Crippen LogP contribution < -0.4 is 15.8 Å². The Labute approximate surface area is 163 Å². The number of pyridine rings is 1. The zero-order valence-electron chi connectivity index (χ0n) is 14.1. The number of aromatic nitrogens is 1. The standard InChI is InChI=1S/C17H21FN4O2.HI/c1-12(11-23-2)22-17(19)21-9-13-5-6-16(15(18)8-13)24-14-4-3-7-20-10-14;/h3-8,10,12H,9,11H2,1-2H3,(H3,19,21,22);1H. The van der Waals surface area contributed by atoms with Gasteiger partial charge in [-0.3, -0.25) is 4.98 Å². The lowest BCUT2D eigenvalue weighted by atomic mass is 10.2. The molecule has 6 nitrogen and oxygen atoms in total. The summed E-state index contributed by atoms with van der Waals surface area (Å²) in [6.45, 7) is 2.71. The van der Waals surface area contributed by atoms with Crippen molar-refractivity contribution in [2.24, 2.45) is 10.7 Å². The van der Waals surface area contributed by atoms with Gasteiger partial charge in [0.1, 0.15) is 5.75 Å². The summed E-state index contributed by atoms with van der Waals surface area (Å²) in [7, 11) is 1.61. The molecule has 25 heavy (non-hydrogen) atoms. The molecule has 0 amide bonds. The maximum absolute atomic E-state index is 14.1. The SMILES string of the molecule is COCC(C)NC(N)=NCc1ccc(Oc2cccnc2)c(F)c1.I. The Hall–Kier alpha value is -1.94. The number of nitrogens with two attached hydrogens (primary N) is 1. The second-order valence-electron chi connectivity index (χ2n) is 5.26. The first kappa shape index (κ1) is 21.1. The maximum Gasteiger partial charge on any atom is 0.189 e. The van der Waals surface area contributed by atoms with Crippen LogP contribution in [0.5, 0.6) is 11.5 Å². The molecule has 0 spiro atoms. The van der Waals surface area contributed by atoms with Gasteiger partial charge in [0.2, 0.25) is 0 Å². The monoisotopic (exact) mass is 460 g/mol. The van der Waals surface area contributed by atoms with Gasteiger partial charge in [-0.2, -0.15) is 0 Å². The highest BCUT2D eigenvalue weighted by atomic mass is 127. The Balaban J connectivity index is 0.00000312. The molecule has 1 atom stereocenters. The Morgan fingerprint density at radius 1 is 1.40 bits per heavy atom. The van der Waals surface area contributed by atoms with Crippen molar-refractivity contribution in [2.45, 2.75) is 19.5 Å². The van der Waals surface area contributed by atoms with E-state index in [-0.39, 0.29) is 48.3 Å². The Kier molecular flexibility index (Phi) is 9.14. The highest BCUT2D eigenvalue weighted by molar-refractivity contribution is 14.0. The molecule has 0 aliphatic carbocycles. The van der Waals surface area contributed by atoms with E-state index in [9.17, 15) is 4.39 Å². The van der Waals surface area contributed by atoms with Crippen LogP contribution in [0.1, 0.15) is 12.5 Å². The fraction of sp³-hybridized carbons (Fsp3) is 0.294. The number of nitrogens with zero attached hydrogens (tertiary/aromatic N) is 2. The summed E-state index contributed by atoms with van der Waals surface area (Å²) in [4.78, 5) is 8.10. The van der Waals surface area contributed by atoms with Gasteiger partial charge in [-0.05, 0) is 36.8 Å². The number of guanidine groups is 1. The van der Waals surface area contributed by atoms with E-state index in [0.717, 1.165) is 0 Å². The Bertz CT molecular complexity index is 686. The summed E-state index contributed by atoms with van der Waals surface area (Å²) < 4.78 is 24.6. The zero-order chi connectivity index (χ0) is 17.4. The van der Waals surface area contributed by atoms with Crippen molar-refractivity contribution in [3.05, 3.63) is 54.1 Å². The third-order valence-electron chi connectivity index (χ3n) is 3.10. The van der Waals surface area contributed by atoms with Crippen LogP contribution >= 0.6 is 24.0 Å². The smallest absolute Gasteiger partial charge is 0.189 e. The molecule has 0 saturated carbocycles. The highest BCUT2D eigenvalue weighted by Gasteiger charge is 2.07. The van der Waals surface area contributed by atoms with E-state index in [2.05, 4.69) is 15.3 Å². The molecular weight excluding hydrogens is 438 g/mol. The molecule has 136 valence electrons. The molecule has 8 heteroatoms. The topological polar surface area (TPSA) is 81.8 Å². The van der Waals surface area contributed by atoms with Crippen molar-refractivity contribution in [1.82, 2.24) is 10.3 Å². The van der Waals surface area contributed by atoms with E-state index in [1.807, 2.05) is 6.92 Å². The van der Waals surface area contributed by atoms with Crippen LogP contribution in [0.15, 0.2) is 47.7 Å². The minimum atomic E-state index is -0.467. The lowest BCUT2D eigenvalue weighted by molar-refractivity contribution is 0.179. The van der Waals surface area contributed by atoms with E-state index in [1.165, 1.54) is 12.3 Å². The van der Waals surface area contributed by atoms with E-state index in [1.54, 1.807) is 37.6 Å². The summed E-state index contributed by atoms with van der Waals surface area (Å²) in [6.07, 6.45) is 3.14. The summed E-state index contributed by atoms with van der Waals surface area (Å²) in [5.41, 5.74) is 6.47. The number of halogens is 2. The third kappa shape index (κ3) is 7.22. The van der Waals surface area contributed by atoms with Gasteiger partial charge in [0, 0.05) is 19.3 Å². The van der Waals surface area contributed by atoms with E-state index in [4.69, 9.17) is 15.2 Å². The number of hydrogen-bond donors (Lipinski definition) is 2. The number of methoxy groups -OCH3 is 1. The predicted octanol–water partition coefficient (Wildman–Crippen LogP) is 3.07. The van der Waals surface area contributed by atoms with Gasteiger partial charge in [0.25, 0.3) is 0 Å². The molecule has 0 bridgehead atoms. The Morgan fingerprint density at radius 2 is 2.20 bits per heavy atom. The van der Waals surface area contributed by atoms with Gasteiger partial charge in [-0.25, -0.2) is 9.38 Å². The molecular formula is C17H22FIN4O2. The first-order valence-electron chi connectivity index (χ1n) is 7.50. The summed E-state index contributed by atoms with van der Waals surface area (Å²) in [5.74, 6) is 0.430. The first-order chi connectivity index (χ1) is 11.6. The van der Waals surface area contributed by atoms with E-state index >= 15 is 0 Å². The average molecular weight is 460 g/mol. The lowest BCUT2D eigenvalue weighted by Crippen LogP contribution is -2.40. The molecule has 1 unspecified atom stereocenters. The maximum atomic E-state index is 14.1.